The zero-order valence-corrected chi connectivity index (χ0v) is 10.6. The van der Waals surface area contributed by atoms with Crippen LogP contribution in [-0.4, -0.2) is 30.5 Å². The number of pyridine rings is 1. The van der Waals surface area contributed by atoms with Crippen LogP contribution in [0.1, 0.15) is 19.5 Å². The predicted molar refractivity (Wildman–Crippen MR) is 68.7 cm³/mol. The van der Waals surface area contributed by atoms with Gasteiger partial charge in [0.1, 0.15) is 0 Å². The van der Waals surface area contributed by atoms with Crippen molar-refractivity contribution >= 4 is 11.6 Å². The second-order valence-corrected chi connectivity index (χ2v) is 4.29. The van der Waals surface area contributed by atoms with Gasteiger partial charge in [-0.1, -0.05) is 0 Å². The van der Waals surface area contributed by atoms with Gasteiger partial charge in [-0.3, -0.25) is 9.78 Å². The maximum Gasteiger partial charge on any atom is 0.239 e. The molecule has 94 valence electrons. The minimum atomic E-state index is 0.00797. The summed E-state index contributed by atoms with van der Waals surface area (Å²) < 4.78 is 0. The molecule has 1 amide bonds. The lowest BCUT2D eigenvalue weighted by molar-refractivity contribution is -0.120. The Morgan fingerprint density at radius 2 is 2.29 bits per heavy atom. The maximum atomic E-state index is 11.6. The van der Waals surface area contributed by atoms with E-state index in [-0.39, 0.29) is 11.9 Å². The summed E-state index contributed by atoms with van der Waals surface area (Å²) in [5, 5.41) is 2.85. The molecule has 0 unspecified atom stereocenters. The second kappa shape index (κ2) is 6.20. The molecule has 5 heteroatoms. The fraction of sp³-hybridized carbons (Fsp3) is 0.500. The Hall–Kier alpha value is -1.62. The molecule has 0 spiro atoms. The van der Waals surface area contributed by atoms with E-state index in [0.29, 0.717) is 13.1 Å². The molecule has 0 aliphatic rings. The van der Waals surface area contributed by atoms with Gasteiger partial charge < -0.3 is 16.0 Å². The largest absolute Gasteiger partial charge is 0.365 e. The molecular formula is C12H20N4O. The lowest BCUT2D eigenvalue weighted by Gasteiger charge is -2.20. The lowest BCUT2D eigenvalue weighted by atomic mass is 10.3. The summed E-state index contributed by atoms with van der Waals surface area (Å²) in [7, 11) is 1.87. The molecule has 0 aliphatic heterocycles. The summed E-state index contributed by atoms with van der Waals surface area (Å²) in [5.41, 5.74) is 7.29. The van der Waals surface area contributed by atoms with Crippen LogP contribution >= 0.6 is 0 Å². The van der Waals surface area contributed by atoms with Crippen molar-refractivity contribution in [1.29, 1.82) is 0 Å². The molecule has 0 aromatic carbocycles. The number of likely N-dealkylation sites (N-methyl/N-ethyl adjacent to an activating group) is 1. The van der Waals surface area contributed by atoms with Gasteiger partial charge in [-0.05, 0) is 26.0 Å². The normalized spacial score (nSPS) is 10.4. The van der Waals surface area contributed by atoms with Crippen LogP contribution in [0.4, 0.5) is 5.69 Å². The molecule has 0 aliphatic carbocycles. The van der Waals surface area contributed by atoms with Crippen molar-refractivity contribution in [2.75, 3.05) is 18.5 Å². The van der Waals surface area contributed by atoms with E-state index in [2.05, 4.69) is 10.3 Å². The fourth-order valence-electron chi connectivity index (χ4n) is 1.49. The highest BCUT2D eigenvalue weighted by Crippen LogP contribution is 2.12. The van der Waals surface area contributed by atoms with Gasteiger partial charge in [0, 0.05) is 31.5 Å². The Morgan fingerprint density at radius 1 is 1.59 bits per heavy atom. The number of nitrogens with zero attached hydrogens (tertiary/aromatic N) is 2. The first-order valence-corrected chi connectivity index (χ1v) is 5.68. The molecule has 17 heavy (non-hydrogen) atoms. The third-order valence-corrected chi connectivity index (χ3v) is 2.28. The van der Waals surface area contributed by atoms with Crippen molar-refractivity contribution in [2.45, 2.75) is 26.4 Å². The Balaban J connectivity index is 2.62. The number of hydrogen-bond donors (Lipinski definition) is 2. The number of carbonyl (C=O) groups is 1. The van der Waals surface area contributed by atoms with E-state index in [0.717, 1.165) is 11.4 Å². The van der Waals surface area contributed by atoms with Crippen LogP contribution in [0.2, 0.25) is 0 Å². The Kier molecular flexibility index (Phi) is 4.90. The van der Waals surface area contributed by atoms with Gasteiger partial charge in [-0.15, -0.1) is 0 Å². The highest BCUT2D eigenvalue weighted by atomic mass is 16.2. The second-order valence-electron chi connectivity index (χ2n) is 4.29. The standard InChI is InChI=1S/C12H20N4O/c1-9(2)15-12(17)8-16(3)11-4-5-14-10(6-11)7-13/h4-6,9H,7-8,13H2,1-3H3,(H,15,17). The minimum Gasteiger partial charge on any atom is -0.365 e. The van der Waals surface area contributed by atoms with Crippen molar-refractivity contribution in [3.8, 4) is 0 Å². The summed E-state index contributed by atoms with van der Waals surface area (Å²) in [5.74, 6) is 0.00797. The van der Waals surface area contributed by atoms with Crippen LogP contribution in [0.25, 0.3) is 0 Å². The quantitative estimate of drug-likeness (QED) is 0.781. The third-order valence-electron chi connectivity index (χ3n) is 2.28. The van der Waals surface area contributed by atoms with Gasteiger partial charge in [0.05, 0.1) is 12.2 Å². The van der Waals surface area contributed by atoms with E-state index in [1.54, 1.807) is 6.20 Å². The Labute approximate surface area is 102 Å². The summed E-state index contributed by atoms with van der Waals surface area (Å²) in [4.78, 5) is 17.6. The lowest BCUT2D eigenvalue weighted by Crippen LogP contribution is -2.38. The molecule has 1 aromatic heterocycles. The van der Waals surface area contributed by atoms with Crippen molar-refractivity contribution in [1.82, 2.24) is 10.3 Å². The predicted octanol–water partition coefficient (Wildman–Crippen LogP) is 0.501. The minimum absolute atomic E-state index is 0.00797. The van der Waals surface area contributed by atoms with E-state index in [1.807, 2.05) is 37.9 Å². The van der Waals surface area contributed by atoms with Crippen LogP contribution in [0, 0.1) is 0 Å². The first-order chi connectivity index (χ1) is 8.02. The van der Waals surface area contributed by atoms with Gasteiger partial charge in [0.15, 0.2) is 0 Å². The van der Waals surface area contributed by atoms with Gasteiger partial charge in [0.25, 0.3) is 0 Å². The van der Waals surface area contributed by atoms with Crippen molar-refractivity contribution < 1.29 is 4.79 Å². The van der Waals surface area contributed by atoms with Crippen LogP contribution in [0.5, 0.6) is 0 Å². The van der Waals surface area contributed by atoms with E-state index >= 15 is 0 Å². The van der Waals surface area contributed by atoms with Crippen LogP contribution < -0.4 is 16.0 Å². The van der Waals surface area contributed by atoms with Gasteiger partial charge in [0.2, 0.25) is 5.91 Å². The van der Waals surface area contributed by atoms with E-state index in [4.69, 9.17) is 5.73 Å². The van der Waals surface area contributed by atoms with Gasteiger partial charge in [-0.2, -0.15) is 0 Å². The van der Waals surface area contributed by atoms with Crippen LogP contribution in [-0.2, 0) is 11.3 Å². The average Bonchev–Trinajstić information content (AvgIpc) is 2.27. The molecule has 0 saturated heterocycles. The molecule has 0 fully saturated rings. The van der Waals surface area contributed by atoms with Crippen LogP contribution in [0.15, 0.2) is 18.3 Å². The first-order valence-electron chi connectivity index (χ1n) is 5.68. The maximum absolute atomic E-state index is 11.6. The number of aromatic nitrogens is 1. The summed E-state index contributed by atoms with van der Waals surface area (Å²) in [6.07, 6.45) is 1.70. The van der Waals surface area contributed by atoms with Crippen LogP contribution in [0.3, 0.4) is 0 Å². The van der Waals surface area contributed by atoms with E-state index in [9.17, 15) is 4.79 Å². The molecule has 0 saturated carbocycles. The third kappa shape index (κ3) is 4.40. The summed E-state index contributed by atoms with van der Waals surface area (Å²) in [6.45, 7) is 4.61. The highest BCUT2D eigenvalue weighted by molar-refractivity contribution is 5.81. The molecule has 1 heterocycles. The smallest absolute Gasteiger partial charge is 0.239 e. The number of amides is 1. The molecule has 0 atom stereocenters. The number of anilines is 1. The van der Waals surface area contributed by atoms with E-state index in [1.165, 1.54) is 0 Å². The molecular weight excluding hydrogens is 216 g/mol. The van der Waals surface area contributed by atoms with Crippen molar-refractivity contribution in [2.24, 2.45) is 5.73 Å². The molecule has 0 radical (unpaired) electrons. The number of nitrogens with one attached hydrogen (secondary N) is 1. The molecule has 5 nitrogen and oxygen atoms in total. The van der Waals surface area contributed by atoms with Gasteiger partial charge >= 0.3 is 0 Å². The zero-order chi connectivity index (χ0) is 12.8. The molecule has 3 N–H and O–H groups in total. The van der Waals surface area contributed by atoms with Crippen molar-refractivity contribution in [3.63, 3.8) is 0 Å². The number of hydrogen-bond acceptors (Lipinski definition) is 4. The van der Waals surface area contributed by atoms with E-state index < -0.39 is 0 Å². The molecule has 1 aromatic rings. The number of carbonyl (C=O) groups excluding carboxylic acids is 1. The summed E-state index contributed by atoms with van der Waals surface area (Å²) >= 11 is 0. The monoisotopic (exact) mass is 236 g/mol. The SMILES string of the molecule is CC(C)NC(=O)CN(C)c1ccnc(CN)c1. The topological polar surface area (TPSA) is 71.2 Å². The summed E-state index contributed by atoms with van der Waals surface area (Å²) in [6, 6.07) is 3.91. The first kappa shape index (κ1) is 13.4. The molecule has 1 rings (SSSR count). The number of rotatable bonds is 5. The van der Waals surface area contributed by atoms with Crippen molar-refractivity contribution in [3.05, 3.63) is 24.0 Å². The van der Waals surface area contributed by atoms with Gasteiger partial charge in [-0.25, -0.2) is 0 Å². The average molecular weight is 236 g/mol. The number of nitrogens with two attached hydrogens (primary N) is 1. The Morgan fingerprint density at radius 3 is 2.88 bits per heavy atom. The molecule has 0 bridgehead atoms. The highest BCUT2D eigenvalue weighted by Gasteiger charge is 2.08. The zero-order valence-electron chi connectivity index (χ0n) is 10.6. The fourth-order valence-corrected chi connectivity index (χ4v) is 1.49. The Bertz CT molecular complexity index is 379.